The van der Waals surface area contributed by atoms with Crippen molar-refractivity contribution in [2.24, 2.45) is 5.73 Å². The minimum atomic E-state index is -0.404. The molecular formula is C12H14BrN3O2S. The third kappa shape index (κ3) is 2.00. The van der Waals surface area contributed by atoms with E-state index in [1.54, 1.807) is 18.4 Å². The SMILES string of the molecule is COc1c(-c2nc(C3(N)CCC3)no2)sc(C)c1Br. The topological polar surface area (TPSA) is 74.2 Å². The Morgan fingerprint density at radius 2 is 2.21 bits per heavy atom. The summed E-state index contributed by atoms with van der Waals surface area (Å²) in [7, 11) is 1.63. The minimum absolute atomic E-state index is 0.404. The van der Waals surface area contributed by atoms with Gasteiger partial charge >= 0.3 is 0 Å². The zero-order valence-corrected chi connectivity index (χ0v) is 13.1. The first-order valence-corrected chi connectivity index (χ1v) is 7.62. The molecule has 19 heavy (non-hydrogen) atoms. The van der Waals surface area contributed by atoms with E-state index in [9.17, 15) is 0 Å². The Labute approximate surface area is 123 Å². The number of rotatable bonds is 3. The fraction of sp³-hybridized carbons (Fsp3) is 0.500. The molecule has 0 unspecified atom stereocenters. The van der Waals surface area contributed by atoms with Crippen molar-refractivity contribution in [3.8, 4) is 16.5 Å². The fourth-order valence-corrected chi connectivity index (χ4v) is 3.80. The van der Waals surface area contributed by atoms with E-state index in [4.69, 9.17) is 15.0 Å². The number of hydrogen-bond donors (Lipinski definition) is 1. The highest BCUT2D eigenvalue weighted by molar-refractivity contribution is 9.10. The number of hydrogen-bond acceptors (Lipinski definition) is 6. The lowest BCUT2D eigenvalue weighted by Crippen LogP contribution is -2.44. The van der Waals surface area contributed by atoms with Crippen molar-refractivity contribution in [3.05, 3.63) is 15.2 Å². The summed E-state index contributed by atoms with van der Waals surface area (Å²) in [5, 5.41) is 4.03. The molecule has 1 saturated carbocycles. The molecule has 102 valence electrons. The summed E-state index contributed by atoms with van der Waals surface area (Å²) in [6, 6.07) is 0. The average Bonchev–Trinajstić information content (AvgIpc) is 2.93. The van der Waals surface area contributed by atoms with Crippen LogP contribution in [0.25, 0.3) is 10.8 Å². The van der Waals surface area contributed by atoms with Gasteiger partial charge in [0.25, 0.3) is 5.89 Å². The van der Waals surface area contributed by atoms with Gasteiger partial charge in [-0.1, -0.05) is 5.16 Å². The zero-order valence-electron chi connectivity index (χ0n) is 10.7. The Balaban J connectivity index is 2.01. The summed E-state index contributed by atoms with van der Waals surface area (Å²) in [5.41, 5.74) is 5.79. The Morgan fingerprint density at radius 1 is 1.47 bits per heavy atom. The van der Waals surface area contributed by atoms with E-state index in [2.05, 4.69) is 26.1 Å². The largest absolute Gasteiger partial charge is 0.494 e. The van der Waals surface area contributed by atoms with Crippen LogP contribution < -0.4 is 10.5 Å². The molecule has 2 N–H and O–H groups in total. The number of ether oxygens (including phenoxy) is 1. The highest BCUT2D eigenvalue weighted by Gasteiger charge is 2.39. The number of aryl methyl sites for hydroxylation is 1. The van der Waals surface area contributed by atoms with Gasteiger partial charge < -0.3 is 15.0 Å². The Morgan fingerprint density at radius 3 is 2.79 bits per heavy atom. The second kappa shape index (κ2) is 4.57. The maximum Gasteiger partial charge on any atom is 0.271 e. The Kier molecular flexibility index (Phi) is 3.15. The van der Waals surface area contributed by atoms with E-state index in [0.717, 1.165) is 39.2 Å². The summed E-state index contributed by atoms with van der Waals surface area (Å²) in [5.74, 6) is 1.80. The molecule has 0 spiro atoms. The average molecular weight is 344 g/mol. The first-order valence-electron chi connectivity index (χ1n) is 6.01. The van der Waals surface area contributed by atoms with E-state index in [1.807, 2.05) is 6.92 Å². The zero-order chi connectivity index (χ0) is 13.6. The summed E-state index contributed by atoms with van der Waals surface area (Å²) in [4.78, 5) is 6.39. The van der Waals surface area contributed by atoms with Crippen LogP contribution in [-0.4, -0.2) is 17.3 Å². The number of thiophene rings is 1. The van der Waals surface area contributed by atoms with Crippen LogP contribution in [0.1, 0.15) is 30.0 Å². The maximum atomic E-state index is 6.20. The van der Waals surface area contributed by atoms with Crippen LogP contribution in [0.3, 0.4) is 0 Å². The van der Waals surface area contributed by atoms with Crippen LogP contribution in [0, 0.1) is 6.92 Å². The van der Waals surface area contributed by atoms with Crippen LogP contribution in [-0.2, 0) is 5.54 Å². The molecule has 0 atom stereocenters. The van der Waals surface area contributed by atoms with Crippen LogP contribution in [0.5, 0.6) is 5.75 Å². The van der Waals surface area contributed by atoms with E-state index in [-0.39, 0.29) is 0 Å². The summed E-state index contributed by atoms with van der Waals surface area (Å²) in [6.45, 7) is 2.01. The number of methoxy groups -OCH3 is 1. The van der Waals surface area contributed by atoms with Crippen LogP contribution in [0.4, 0.5) is 0 Å². The predicted octanol–water partition coefficient (Wildman–Crippen LogP) is 3.22. The molecule has 2 aromatic heterocycles. The molecule has 5 nitrogen and oxygen atoms in total. The van der Waals surface area contributed by atoms with Gasteiger partial charge in [0.15, 0.2) is 11.6 Å². The molecule has 0 radical (unpaired) electrons. The van der Waals surface area contributed by atoms with Gasteiger partial charge in [0.2, 0.25) is 0 Å². The minimum Gasteiger partial charge on any atom is -0.494 e. The van der Waals surface area contributed by atoms with Crippen molar-refractivity contribution in [3.63, 3.8) is 0 Å². The van der Waals surface area contributed by atoms with Crippen molar-refractivity contribution in [1.82, 2.24) is 10.1 Å². The second-order valence-electron chi connectivity index (χ2n) is 4.77. The quantitative estimate of drug-likeness (QED) is 0.925. The van der Waals surface area contributed by atoms with Crippen molar-refractivity contribution < 1.29 is 9.26 Å². The lowest BCUT2D eigenvalue weighted by atomic mass is 9.77. The summed E-state index contributed by atoms with van der Waals surface area (Å²) in [6.07, 6.45) is 2.94. The molecular weight excluding hydrogens is 330 g/mol. The third-order valence-corrected chi connectivity index (χ3v) is 5.78. The first kappa shape index (κ1) is 13.1. The third-order valence-electron chi connectivity index (χ3n) is 3.49. The molecule has 7 heteroatoms. The van der Waals surface area contributed by atoms with Crippen molar-refractivity contribution in [2.75, 3.05) is 7.11 Å². The molecule has 2 heterocycles. The van der Waals surface area contributed by atoms with Gasteiger partial charge in [-0.05, 0) is 42.1 Å². The van der Waals surface area contributed by atoms with E-state index < -0.39 is 5.54 Å². The predicted molar refractivity (Wildman–Crippen MR) is 76.3 cm³/mol. The monoisotopic (exact) mass is 343 g/mol. The standard InChI is InChI=1S/C12H14BrN3O2S/c1-6-7(13)8(17-2)9(19-6)10-15-11(16-18-10)12(14)4-3-5-12/h3-5,14H2,1-2H3. The van der Waals surface area contributed by atoms with Gasteiger partial charge in [-0.3, -0.25) is 0 Å². The lowest BCUT2D eigenvalue weighted by molar-refractivity contribution is 0.229. The normalized spacial score (nSPS) is 17.3. The van der Waals surface area contributed by atoms with E-state index in [1.165, 1.54) is 0 Å². The van der Waals surface area contributed by atoms with Gasteiger partial charge in [0, 0.05) is 4.88 Å². The van der Waals surface area contributed by atoms with Crippen LogP contribution in [0.15, 0.2) is 9.00 Å². The summed E-state index contributed by atoms with van der Waals surface area (Å²) < 4.78 is 11.7. The summed E-state index contributed by atoms with van der Waals surface area (Å²) >= 11 is 5.06. The molecule has 1 fully saturated rings. The second-order valence-corrected chi connectivity index (χ2v) is 6.79. The molecule has 1 aliphatic rings. The molecule has 0 aliphatic heterocycles. The van der Waals surface area contributed by atoms with Gasteiger partial charge in [0.1, 0.15) is 4.88 Å². The number of aromatic nitrogens is 2. The molecule has 0 saturated heterocycles. The van der Waals surface area contributed by atoms with Crippen LogP contribution in [0.2, 0.25) is 0 Å². The molecule has 0 bridgehead atoms. The Bertz CT molecular complexity index is 619. The van der Waals surface area contributed by atoms with E-state index >= 15 is 0 Å². The molecule has 1 aliphatic carbocycles. The van der Waals surface area contributed by atoms with Gasteiger partial charge in [0.05, 0.1) is 17.1 Å². The highest BCUT2D eigenvalue weighted by atomic mass is 79.9. The number of nitrogens with two attached hydrogens (primary N) is 1. The number of nitrogens with zero attached hydrogens (tertiary/aromatic N) is 2. The van der Waals surface area contributed by atoms with E-state index in [0.29, 0.717) is 11.7 Å². The smallest absolute Gasteiger partial charge is 0.271 e. The van der Waals surface area contributed by atoms with Gasteiger partial charge in [-0.15, -0.1) is 11.3 Å². The van der Waals surface area contributed by atoms with Crippen molar-refractivity contribution in [2.45, 2.75) is 31.7 Å². The fourth-order valence-electron chi connectivity index (χ4n) is 2.13. The van der Waals surface area contributed by atoms with Crippen molar-refractivity contribution >= 4 is 27.3 Å². The number of halogens is 1. The lowest BCUT2D eigenvalue weighted by Gasteiger charge is -2.34. The van der Waals surface area contributed by atoms with Crippen LogP contribution >= 0.6 is 27.3 Å². The Hall–Kier alpha value is -0.920. The first-order chi connectivity index (χ1) is 9.05. The molecule has 2 aromatic rings. The molecule has 3 rings (SSSR count). The van der Waals surface area contributed by atoms with Crippen molar-refractivity contribution in [1.29, 1.82) is 0 Å². The molecule has 0 aromatic carbocycles. The van der Waals surface area contributed by atoms with Gasteiger partial charge in [-0.2, -0.15) is 4.98 Å². The molecule has 0 amide bonds. The van der Waals surface area contributed by atoms with Gasteiger partial charge in [-0.25, -0.2) is 0 Å². The maximum absolute atomic E-state index is 6.20. The highest BCUT2D eigenvalue weighted by Crippen LogP contribution is 2.45.